The lowest BCUT2D eigenvalue weighted by atomic mass is 10.2. The van der Waals surface area contributed by atoms with Crippen molar-refractivity contribution in [2.75, 3.05) is 12.4 Å². The smallest absolute Gasteiger partial charge is 0.417 e. The van der Waals surface area contributed by atoms with Crippen molar-refractivity contribution in [1.82, 2.24) is 0 Å². The minimum absolute atomic E-state index is 0.143. The molecular weight excluding hydrogens is 310 g/mol. The van der Waals surface area contributed by atoms with Crippen LogP contribution in [0.3, 0.4) is 0 Å². The van der Waals surface area contributed by atoms with E-state index in [1.54, 1.807) is 42.5 Å². The topological polar surface area (TPSA) is 124 Å². The van der Waals surface area contributed by atoms with Crippen LogP contribution >= 0.6 is 0 Å². The van der Waals surface area contributed by atoms with Crippen LogP contribution in [0.15, 0.2) is 58.7 Å². The molecule has 0 saturated heterocycles. The number of carbonyl (C=O) groups is 1. The molecule has 0 bridgehead atoms. The minimum Gasteiger partial charge on any atom is -0.493 e. The molecule has 124 valence electrons. The highest BCUT2D eigenvalue weighted by atomic mass is 16.6. The molecule has 24 heavy (non-hydrogen) atoms. The number of anilines is 1. The van der Waals surface area contributed by atoms with Crippen LogP contribution in [0.25, 0.3) is 0 Å². The van der Waals surface area contributed by atoms with Crippen molar-refractivity contribution in [1.29, 1.82) is 0 Å². The van der Waals surface area contributed by atoms with Crippen molar-refractivity contribution in [2.45, 2.75) is 0 Å². The van der Waals surface area contributed by atoms with E-state index < -0.39 is 6.09 Å². The third-order valence-electron chi connectivity index (χ3n) is 2.79. The molecule has 0 atom stereocenters. The quantitative estimate of drug-likeness (QED) is 0.439. The van der Waals surface area contributed by atoms with Crippen molar-refractivity contribution in [3.05, 3.63) is 54.1 Å². The Balaban J connectivity index is 2.08. The number of methoxy groups -OCH3 is 1. The molecule has 0 aliphatic carbocycles. The van der Waals surface area contributed by atoms with Gasteiger partial charge in [0.05, 0.1) is 13.3 Å². The maximum absolute atomic E-state index is 11.9. The lowest BCUT2D eigenvalue weighted by Gasteiger charge is -2.10. The molecule has 0 saturated carbocycles. The molecule has 0 aliphatic rings. The van der Waals surface area contributed by atoms with Crippen LogP contribution in [0.5, 0.6) is 11.5 Å². The number of hydrogen-bond donors (Lipinski definition) is 3. The largest absolute Gasteiger partial charge is 0.493 e. The summed E-state index contributed by atoms with van der Waals surface area (Å²) in [5.41, 5.74) is 11.7. The van der Waals surface area contributed by atoms with E-state index in [-0.39, 0.29) is 11.7 Å². The fraction of sp³-hybridized carbons (Fsp3) is 0.0625. The molecule has 2 aromatic rings. The van der Waals surface area contributed by atoms with Crippen LogP contribution in [-0.4, -0.2) is 25.4 Å². The maximum atomic E-state index is 11.9. The summed E-state index contributed by atoms with van der Waals surface area (Å²) in [6.45, 7) is 0. The van der Waals surface area contributed by atoms with Gasteiger partial charge in [-0.2, -0.15) is 5.10 Å². The number of para-hydroxylation sites is 1. The van der Waals surface area contributed by atoms with Crippen LogP contribution in [0.4, 0.5) is 10.5 Å². The Kier molecular flexibility index (Phi) is 5.73. The summed E-state index contributed by atoms with van der Waals surface area (Å²) < 4.78 is 10.5. The van der Waals surface area contributed by atoms with Crippen molar-refractivity contribution in [3.8, 4) is 11.5 Å². The first-order valence-electron chi connectivity index (χ1n) is 6.92. The monoisotopic (exact) mass is 327 g/mol. The molecule has 8 nitrogen and oxygen atoms in total. The third-order valence-corrected chi connectivity index (χ3v) is 2.79. The van der Waals surface area contributed by atoms with Crippen molar-refractivity contribution < 1.29 is 14.3 Å². The van der Waals surface area contributed by atoms with E-state index in [9.17, 15) is 4.79 Å². The number of hydrogen-bond acceptors (Lipinski definition) is 5. The van der Waals surface area contributed by atoms with Gasteiger partial charge < -0.3 is 20.9 Å². The van der Waals surface area contributed by atoms with Gasteiger partial charge in [0.1, 0.15) is 0 Å². The van der Waals surface area contributed by atoms with Crippen molar-refractivity contribution in [2.24, 2.45) is 21.7 Å². The molecule has 0 fully saturated rings. The highest BCUT2D eigenvalue weighted by Crippen LogP contribution is 2.28. The van der Waals surface area contributed by atoms with E-state index in [4.69, 9.17) is 20.9 Å². The van der Waals surface area contributed by atoms with Crippen LogP contribution in [0.1, 0.15) is 5.56 Å². The van der Waals surface area contributed by atoms with Gasteiger partial charge in [0, 0.05) is 5.69 Å². The Labute approximate surface area is 138 Å². The number of rotatable bonds is 5. The number of guanidine groups is 1. The summed E-state index contributed by atoms with van der Waals surface area (Å²) in [6.07, 6.45) is 0.817. The normalized spacial score (nSPS) is 10.2. The number of nitrogens with zero attached hydrogens (tertiary/aromatic N) is 2. The summed E-state index contributed by atoms with van der Waals surface area (Å²) in [7, 11) is 1.47. The summed E-state index contributed by atoms with van der Waals surface area (Å²) in [4.78, 5) is 11.9. The van der Waals surface area contributed by atoms with Crippen LogP contribution < -0.4 is 26.3 Å². The Bertz CT molecular complexity index is 756. The van der Waals surface area contributed by atoms with Crippen LogP contribution in [0.2, 0.25) is 0 Å². The Morgan fingerprint density at radius 1 is 1.12 bits per heavy atom. The first kappa shape index (κ1) is 16.8. The second kappa shape index (κ2) is 8.18. The molecule has 2 aromatic carbocycles. The predicted octanol–water partition coefficient (Wildman–Crippen LogP) is 1.91. The SMILES string of the molecule is COc1cc(C=NN=C(N)N)ccc1OC(=O)Nc1ccccc1. The predicted molar refractivity (Wildman–Crippen MR) is 92.5 cm³/mol. The highest BCUT2D eigenvalue weighted by molar-refractivity contribution is 5.87. The number of amides is 1. The van der Waals surface area contributed by atoms with Gasteiger partial charge in [-0.15, -0.1) is 5.10 Å². The zero-order valence-electron chi connectivity index (χ0n) is 13.0. The number of benzene rings is 2. The number of ether oxygens (including phenoxy) is 2. The van der Waals surface area contributed by atoms with Gasteiger partial charge in [-0.1, -0.05) is 18.2 Å². The molecule has 2 rings (SSSR count). The molecular formula is C16H17N5O3. The lowest BCUT2D eigenvalue weighted by Crippen LogP contribution is -2.21. The Hall–Kier alpha value is -3.55. The van der Waals surface area contributed by atoms with Crippen LogP contribution in [0, 0.1) is 0 Å². The summed E-state index contributed by atoms with van der Waals surface area (Å²) in [6, 6.07) is 13.9. The highest BCUT2D eigenvalue weighted by Gasteiger charge is 2.10. The first-order valence-corrected chi connectivity index (χ1v) is 6.92. The zero-order chi connectivity index (χ0) is 17.4. The fourth-order valence-corrected chi connectivity index (χ4v) is 1.78. The molecule has 1 amide bonds. The van der Waals surface area contributed by atoms with Gasteiger partial charge in [-0.25, -0.2) is 4.79 Å². The third kappa shape index (κ3) is 5.02. The van der Waals surface area contributed by atoms with E-state index in [1.165, 1.54) is 13.3 Å². The van der Waals surface area contributed by atoms with Gasteiger partial charge in [0.25, 0.3) is 0 Å². The van der Waals surface area contributed by atoms with E-state index in [1.807, 2.05) is 6.07 Å². The molecule has 0 heterocycles. The summed E-state index contributed by atoms with van der Waals surface area (Å²) in [5, 5.41) is 9.81. The van der Waals surface area contributed by atoms with Gasteiger partial charge in [-0.3, -0.25) is 5.32 Å². The number of carbonyl (C=O) groups excluding carboxylic acids is 1. The van der Waals surface area contributed by atoms with Gasteiger partial charge in [0.2, 0.25) is 5.96 Å². The first-order chi connectivity index (χ1) is 11.6. The molecule has 0 radical (unpaired) electrons. The standard InChI is InChI=1S/C16H17N5O3/c1-23-14-9-11(10-19-21-15(17)18)7-8-13(14)24-16(22)20-12-5-3-2-4-6-12/h2-10H,1H3,(H,20,22)(H4,17,18,21). The van der Waals surface area contributed by atoms with E-state index in [2.05, 4.69) is 15.5 Å². The molecule has 0 spiro atoms. The van der Waals surface area contributed by atoms with E-state index in [0.29, 0.717) is 17.0 Å². The average Bonchev–Trinajstić information content (AvgIpc) is 2.56. The molecule has 0 unspecified atom stereocenters. The molecule has 0 aromatic heterocycles. The Morgan fingerprint density at radius 3 is 2.54 bits per heavy atom. The average molecular weight is 327 g/mol. The maximum Gasteiger partial charge on any atom is 0.417 e. The fourth-order valence-electron chi connectivity index (χ4n) is 1.78. The second-order valence-electron chi connectivity index (χ2n) is 4.56. The van der Waals surface area contributed by atoms with E-state index in [0.717, 1.165) is 0 Å². The van der Waals surface area contributed by atoms with Gasteiger partial charge in [-0.05, 0) is 35.9 Å². The number of nitrogens with one attached hydrogen (secondary N) is 1. The molecule has 5 N–H and O–H groups in total. The van der Waals surface area contributed by atoms with E-state index >= 15 is 0 Å². The van der Waals surface area contributed by atoms with Crippen LogP contribution in [-0.2, 0) is 0 Å². The lowest BCUT2D eigenvalue weighted by molar-refractivity contribution is 0.213. The summed E-state index contributed by atoms with van der Waals surface area (Å²) >= 11 is 0. The van der Waals surface area contributed by atoms with Gasteiger partial charge in [0.15, 0.2) is 11.5 Å². The van der Waals surface area contributed by atoms with Crippen molar-refractivity contribution in [3.63, 3.8) is 0 Å². The van der Waals surface area contributed by atoms with Gasteiger partial charge >= 0.3 is 6.09 Å². The minimum atomic E-state index is -0.624. The zero-order valence-corrected chi connectivity index (χ0v) is 13.0. The number of nitrogens with two attached hydrogens (primary N) is 2. The summed E-state index contributed by atoms with van der Waals surface area (Å²) in [5.74, 6) is 0.493. The molecule has 0 aliphatic heterocycles. The second-order valence-corrected chi connectivity index (χ2v) is 4.56. The molecule has 8 heteroatoms. The van der Waals surface area contributed by atoms with Crippen molar-refractivity contribution >= 4 is 24.0 Å². The Morgan fingerprint density at radius 2 is 1.88 bits per heavy atom.